The Labute approximate surface area is 115 Å². The second kappa shape index (κ2) is 8.69. The zero-order valence-electron chi connectivity index (χ0n) is 12.4. The average Bonchev–Trinajstić information content (AvgIpc) is 2.35. The van der Waals surface area contributed by atoms with Gasteiger partial charge >= 0.3 is 0 Å². The van der Waals surface area contributed by atoms with E-state index < -0.39 is 0 Å². The molecule has 1 N–H and O–H groups in total. The number of anilines is 1. The van der Waals surface area contributed by atoms with Gasteiger partial charge in [0.15, 0.2) is 0 Å². The molecular formula is C14H25N3O2. The summed E-state index contributed by atoms with van der Waals surface area (Å²) >= 11 is 0. The highest BCUT2D eigenvalue weighted by Crippen LogP contribution is 2.14. The Balaban J connectivity index is 2.59. The van der Waals surface area contributed by atoms with Gasteiger partial charge in [-0.1, -0.05) is 6.92 Å². The van der Waals surface area contributed by atoms with Gasteiger partial charge in [0.25, 0.3) is 0 Å². The van der Waals surface area contributed by atoms with Crippen LogP contribution in [0.15, 0.2) is 6.07 Å². The van der Waals surface area contributed by atoms with Gasteiger partial charge in [0.1, 0.15) is 18.2 Å². The molecule has 1 heterocycles. The van der Waals surface area contributed by atoms with E-state index in [4.69, 9.17) is 9.47 Å². The number of aromatic nitrogens is 2. The van der Waals surface area contributed by atoms with Crippen LogP contribution in [0.5, 0.6) is 5.88 Å². The molecule has 0 aliphatic heterocycles. The highest BCUT2D eigenvalue weighted by molar-refractivity contribution is 5.38. The summed E-state index contributed by atoms with van der Waals surface area (Å²) in [4.78, 5) is 8.83. The SMILES string of the molecule is CCCc1nc(NCC)cc(OCCOC(C)C)n1. The van der Waals surface area contributed by atoms with Gasteiger partial charge in [0.2, 0.25) is 5.88 Å². The highest BCUT2D eigenvalue weighted by Gasteiger charge is 2.05. The Morgan fingerprint density at radius 3 is 2.63 bits per heavy atom. The zero-order chi connectivity index (χ0) is 14.1. The predicted octanol–water partition coefficient (Wildman–Crippen LogP) is 2.66. The minimum absolute atomic E-state index is 0.224. The number of hydrogen-bond donors (Lipinski definition) is 1. The zero-order valence-corrected chi connectivity index (χ0v) is 12.4. The molecule has 0 aliphatic carbocycles. The third-order valence-corrected chi connectivity index (χ3v) is 2.36. The first-order chi connectivity index (χ1) is 9.15. The minimum atomic E-state index is 0.224. The highest BCUT2D eigenvalue weighted by atomic mass is 16.5. The Morgan fingerprint density at radius 2 is 2.00 bits per heavy atom. The van der Waals surface area contributed by atoms with Gasteiger partial charge in [0, 0.05) is 19.0 Å². The van der Waals surface area contributed by atoms with Crippen molar-refractivity contribution in [1.82, 2.24) is 9.97 Å². The lowest BCUT2D eigenvalue weighted by Gasteiger charge is -2.11. The topological polar surface area (TPSA) is 56.3 Å². The summed E-state index contributed by atoms with van der Waals surface area (Å²) in [7, 11) is 0. The lowest BCUT2D eigenvalue weighted by molar-refractivity contribution is 0.0542. The first-order valence-electron chi connectivity index (χ1n) is 7.01. The molecule has 0 spiro atoms. The summed E-state index contributed by atoms with van der Waals surface area (Å²) in [5.74, 6) is 2.25. The van der Waals surface area contributed by atoms with Crippen LogP contribution >= 0.6 is 0 Å². The number of nitrogens with one attached hydrogen (secondary N) is 1. The van der Waals surface area contributed by atoms with Crippen LogP contribution in [0.2, 0.25) is 0 Å². The van der Waals surface area contributed by atoms with Crippen molar-refractivity contribution in [2.75, 3.05) is 25.1 Å². The lowest BCUT2D eigenvalue weighted by atomic mass is 10.3. The number of ether oxygens (including phenoxy) is 2. The largest absolute Gasteiger partial charge is 0.475 e. The molecule has 0 saturated heterocycles. The van der Waals surface area contributed by atoms with Crippen molar-refractivity contribution in [2.24, 2.45) is 0 Å². The Hall–Kier alpha value is -1.36. The minimum Gasteiger partial charge on any atom is -0.475 e. The van der Waals surface area contributed by atoms with E-state index in [0.29, 0.717) is 19.1 Å². The van der Waals surface area contributed by atoms with Crippen molar-refractivity contribution in [2.45, 2.75) is 46.6 Å². The molecule has 19 heavy (non-hydrogen) atoms. The van der Waals surface area contributed by atoms with Crippen molar-refractivity contribution in [3.05, 3.63) is 11.9 Å². The molecule has 1 aromatic heterocycles. The van der Waals surface area contributed by atoms with E-state index in [9.17, 15) is 0 Å². The normalized spacial score (nSPS) is 10.8. The number of rotatable bonds is 9. The fraction of sp³-hybridized carbons (Fsp3) is 0.714. The monoisotopic (exact) mass is 267 g/mol. The molecule has 5 heteroatoms. The molecular weight excluding hydrogens is 242 g/mol. The van der Waals surface area contributed by atoms with Crippen LogP contribution in [-0.4, -0.2) is 35.8 Å². The van der Waals surface area contributed by atoms with Gasteiger partial charge in [-0.3, -0.25) is 0 Å². The summed E-state index contributed by atoms with van der Waals surface area (Å²) < 4.78 is 11.0. The van der Waals surface area contributed by atoms with Crippen LogP contribution in [0.3, 0.4) is 0 Å². The standard InChI is InChI=1S/C14H25N3O2/c1-5-7-12-16-13(15-6-2)10-14(17-12)19-9-8-18-11(3)4/h10-11H,5-9H2,1-4H3,(H,15,16,17). The van der Waals surface area contributed by atoms with Crippen LogP contribution < -0.4 is 10.1 Å². The lowest BCUT2D eigenvalue weighted by Crippen LogP contribution is -2.13. The average molecular weight is 267 g/mol. The summed E-state index contributed by atoms with van der Waals surface area (Å²) in [6, 6.07) is 1.83. The number of nitrogens with zero attached hydrogens (tertiary/aromatic N) is 2. The molecule has 0 aliphatic rings. The fourth-order valence-electron chi connectivity index (χ4n) is 1.58. The molecule has 0 bridgehead atoms. The predicted molar refractivity (Wildman–Crippen MR) is 76.8 cm³/mol. The van der Waals surface area contributed by atoms with Crippen LogP contribution in [0.1, 0.15) is 39.9 Å². The molecule has 108 valence electrons. The molecule has 1 rings (SSSR count). The van der Waals surface area contributed by atoms with Crippen molar-refractivity contribution in [1.29, 1.82) is 0 Å². The van der Waals surface area contributed by atoms with Crippen LogP contribution in [-0.2, 0) is 11.2 Å². The maximum absolute atomic E-state index is 5.61. The third kappa shape index (κ3) is 6.38. The molecule has 1 aromatic rings. The van der Waals surface area contributed by atoms with Gasteiger partial charge < -0.3 is 14.8 Å². The smallest absolute Gasteiger partial charge is 0.218 e. The van der Waals surface area contributed by atoms with Gasteiger partial charge in [-0.25, -0.2) is 4.98 Å². The molecule has 0 unspecified atom stereocenters. The second-order valence-electron chi connectivity index (χ2n) is 4.56. The Kier molecular flexibility index (Phi) is 7.18. The molecule has 0 amide bonds. The first kappa shape index (κ1) is 15.7. The van der Waals surface area contributed by atoms with E-state index in [-0.39, 0.29) is 6.10 Å². The van der Waals surface area contributed by atoms with Gasteiger partial charge in [-0.15, -0.1) is 0 Å². The van der Waals surface area contributed by atoms with Gasteiger partial charge in [0.05, 0.1) is 12.7 Å². The molecule has 5 nitrogen and oxygen atoms in total. The van der Waals surface area contributed by atoms with Gasteiger partial charge in [-0.05, 0) is 27.2 Å². The number of aryl methyl sites for hydroxylation is 1. The van der Waals surface area contributed by atoms with E-state index in [1.165, 1.54) is 0 Å². The Bertz CT molecular complexity index is 345. The maximum atomic E-state index is 5.61. The second-order valence-corrected chi connectivity index (χ2v) is 4.56. The van der Waals surface area contributed by atoms with Crippen LogP contribution in [0.4, 0.5) is 5.82 Å². The maximum Gasteiger partial charge on any atom is 0.218 e. The summed E-state index contributed by atoms with van der Waals surface area (Å²) in [6.45, 7) is 10.1. The summed E-state index contributed by atoms with van der Waals surface area (Å²) in [6.07, 6.45) is 2.10. The van der Waals surface area contributed by atoms with E-state index in [1.807, 2.05) is 26.8 Å². The molecule has 0 saturated carbocycles. The van der Waals surface area contributed by atoms with Gasteiger partial charge in [-0.2, -0.15) is 4.98 Å². The molecule has 0 atom stereocenters. The third-order valence-electron chi connectivity index (χ3n) is 2.36. The van der Waals surface area contributed by atoms with E-state index >= 15 is 0 Å². The van der Waals surface area contributed by atoms with Crippen molar-refractivity contribution in [3.8, 4) is 5.88 Å². The number of hydrogen-bond acceptors (Lipinski definition) is 5. The quantitative estimate of drug-likeness (QED) is 0.697. The van der Waals surface area contributed by atoms with Crippen LogP contribution in [0.25, 0.3) is 0 Å². The van der Waals surface area contributed by atoms with E-state index in [1.54, 1.807) is 0 Å². The Morgan fingerprint density at radius 1 is 1.21 bits per heavy atom. The van der Waals surface area contributed by atoms with E-state index in [2.05, 4.69) is 22.2 Å². The van der Waals surface area contributed by atoms with E-state index in [0.717, 1.165) is 31.0 Å². The fourth-order valence-corrected chi connectivity index (χ4v) is 1.58. The molecule has 0 radical (unpaired) electrons. The molecule has 0 aromatic carbocycles. The molecule has 0 fully saturated rings. The summed E-state index contributed by atoms with van der Waals surface area (Å²) in [5.41, 5.74) is 0. The summed E-state index contributed by atoms with van der Waals surface area (Å²) in [5, 5.41) is 3.19. The van der Waals surface area contributed by atoms with Crippen molar-refractivity contribution in [3.63, 3.8) is 0 Å². The van der Waals surface area contributed by atoms with Crippen molar-refractivity contribution >= 4 is 5.82 Å². The van der Waals surface area contributed by atoms with Crippen LogP contribution in [0, 0.1) is 0 Å². The first-order valence-corrected chi connectivity index (χ1v) is 7.01. The van der Waals surface area contributed by atoms with Crippen molar-refractivity contribution < 1.29 is 9.47 Å².